The third kappa shape index (κ3) is 14.6. The fourth-order valence-electron chi connectivity index (χ4n) is 3.84. The van der Waals surface area contributed by atoms with E-state index < -0.39 is 70.2 Å². The summed E-state index contributed by atoms with van der Waals surface area (Å²) < 4.78 is 129. The summed E-state index contributed by atoms with van der Waals surface area (Å²) in [5, 5.41) is 12.5. The molecule has 0 aromatic carbocycles. The maximum absolute atomic E-state index is 12.7. The molecule has 3 aromatic heterocycles. The number of nitrogens with zero attached hydrogens (tertiary/aromatic N) is 5. The predicted octanol–water partition coefficient (Wildman–Crippen LogP) is 3.55. The molecule has 0 aliphatic rings. The SMILES string of the molecule is CCOC(=O)c1c(C(F)(F)F)c(C)nn1C.CCOC(=O)c1n[nH]c(C)c1C(F)(F)F.CCOC(=O)c1nn(C)c(C)c1C(F)(F)F.CI.[B].[H-].[Na+]. The first-order chi connectivity index (χ1) is 22.4. The quantitative estimate of drug-likeness (QED) is 0.0984. The molecule has 0 saturated carbocycles. The number of H-pyrrole nitrogens is 1. The van der Waals surface area contributed by atoms with E-state index in [9.17, 15) is 53.9 Å². The Hall–Kier alpha value is -2.80. The van der Waals surface area contributed by atoms with Gasteiger partial charge in [-0.15, -0.1) is 0 Å². The van der Waals surface area contributed by atoms with Crippen molar-refractivity contribution in [2.75, 3.05) is 24.8 Å². The molecule has 3 heterocycles. The van der Waals surface area contributed by atoms with Crippen LogP contribution in [0.25, 0.3) is 0 Å². The number of rotatable bonds is 6. The van der Waals surface area contributed by atoms with Crippen molar-refractivity contribution in [2.45, 2.75) is 60.1 Å². The number of hydrogen-bond acceptors (Lipinski definition) is 9. The second-order valence-electron chi connectivity index (χ2n) is 9.09. The minimum atomic E-state index is -4.61. The fraction of sp³-hybridized carbons (Fsp3) is 0.556. The Morgan fingerprint density at radius 1 is 0.686 bits per heavy atom. The smallest absolute Gasteiger partial charge is 1.00 e. The van der Waals surface area contributed by atoms with Gasteiger partial charge in [-0.2, -0.15) is 54.8 Å². The summed E-state index contributed by atoms with van der Waals surface area (Å²) in [6, 6.07) is 0. The zero-order valence-electron chi connectivity index (χ0n) is 30.2. The van der Waals surface area contributed by atoms with Crippen molar-refractivity contribution in [3.05, 3.63) is 50.9 Å². The number of ether oxygens (including phenoxy) is 3. The monoisotopic (exact) mass is 871 g/mol. The van der Waals surface area contributed by atoms with Crippen molar-refractivity contribution in [1.29, 1.82) is 0 Å². The van der Waals surface area contributed by atoms with E-state index in [4.69, 9.17) is 0 Å². The number of aryl methyl sites for hydroxylation is 4. The van der Waals surface area contributed by atoms with Gasteiger partial charge in [-0.05, 0) is 46.5 Å². The Bertz CT molecular complexity index is 1570. The summed E-state index contributed by atoms with van der Waals surface area (Å²) in [7, 11) is 2.61. The van der Waals surface area contributed by atoms with Gasteiger partial charge in [0.25, 0.3) is 0 Å². The Morgan fingerprint density at radius 2 is 1.08 bits per heavy atom. The zero-order chi connectivity index (χ0) is 38.7. The van der Waals surface area contributed by atoms with Crippen LogP contribution in [0.3, 0.4) is 0 Å². The predicted molar refractivity (Wildman–Crippen MR) is 169 cm³/mol. The van der Waals surface area contributed by atoms with Crippen LogP contribution in [0.1, 0.15) is 87.4 Å². The molecule has 0 atom stereocenters. The normalized spacial score (nSPS) is 10.8. The van der Waals surface area contributed by atoms with Crippen LogP contribution >= 0.6 is 22.6 Å². The first-order valence-corrected chi connectivity index (χ1v) is 15.8. The van der Waals surface area contributed by atoms with E-state index in [2.05, 4.69) is 57.2 Å². The summed E-state index contributed by atoms with van der Waals surface area (Å²) in [6.45, 7) is 8.21. The van der Waals surface area contributed by atoms with E-state index >= 15 is 0 Å². The molecule has 3 aromatic rings. The molecule has 0 amide bonds. The summed E-state index contributed by atoms with van der Waals surface area (Å²) in [5.74, 6) is -3.15. The van der Waals surface area contributed by atoms with Crippen molar-refractivity contribution in [2.24, 2.45) is 14.1 Å². The maximum Gasteiger partial charge on any atom is 1.00 e. The van der Waals surface area contributed by atoms with Crippen LogP contribution < -0.4 is 29.6 Å². The Balaban J connectivity index is -0.000000315. The number of carbonyl (C=O) groups is 3. The molecular weight excluding hydrogens is 836 g/mol. The molecule has 1 N–H and O–H groups in total. The average molecular weight is 871 g/mol. The van der Waals surface area contributed by atoms with Crippen LogP contribution in [0.4, 0.5) is 39.5 Å². The molecule has 0 spiro atoms. The van der Waals surface area contributed by atoms with Gasteiger partial charge >= 0.3 is 66.0 Å². The molecule has 24 heteroatoms. The van der Waals surface area contributed by atoms with E-state index in [-0.39, 0.29) is 76.3 Å². The third-order valence-electron chi connectivity index (χ3n) is 5.76. The summed E-state index contributed by atoms with van der Waals surface area (Å²) >= 11 is 2.15. The topological polar surface area (TPSA) is 143 Å². The number of aromatic nitrogens is 6. The molecule has 0 aliphatic heterocycles. The second kappa shape index (κ2) is 22.3. The molecule has 3 radical (unpaired) electrons. The van der Waals surface area contributed by atoms with E-state index in [1.54, 1.807) is 0 Å². The van der Waals surface area contributed by atoms with Crippen LogP contribution in [0.2, 0.25) is 0 Å². The molecule has 0 aliphatic carbocycles. The van der Waals surface area contributed by atoms with Crippen LogP contribution in [-0.2, 0) is 46.8 Å². The first-order valence-electron chi connectivity index (χ1n) is 13.7. The van der Waals surface area contributed by atoms with Gasteiger partial charge in [0.15, 0.2) is 17.1 Å². The van der Waals surface area contributed by atoms with Gasteiger partial charge in [0, 0.05) is 33.9 Å². The average Bonchev–Trinajstić information content (AvgIpc) is 3.62. The minimum absolute atomic E-state index is 0. The second-order valence-corrected chi connectivity index (χ2v) is 9.09. The van der Waals surface area contributed by atoms with Crippen LogP contribution in [0.5, 0.6) is 0 Å². The van der Waals surface area contributed by atoms with Gasteiger partial charge in [-0.1, -0.05) is 22.6 Å². The minimum Gasteiger partial charge on any atom is -1.00 e. The van der Waals surface area contributed by atoms with Gasteiger partial charge in [0.2, 0.25) is 0 Å². The van der Waals surface area contributed by atoms with E-state index in [1.165, 1.54) is 55.6 Å². The van der Waals surface area contributed by atoms with Gasteiger partial charge in [-0.25, -0.2) is 14.4 Å². The van der Waals surface area contributed by atoms with Gasteiger partial charge in [0.05, 0.1) is 25.5 Å². The number of alkyl halides is 10. The Labute approximate surface area is 326 Å². The first kappa shape index (κ1) is 52.6. The van der Waals surface area contributed by atoms with E-state index in [1.807, 2.05) is 4.93 Å². The summed E-state index contributed by atoms with van der Waals surface area (Å²) in [6.07, 6.45) is -13.8. The fourth-order valence-corrected chi connectivity index (χ4v) is 3.84. The molecule has 0 unspecified atom stereocenters. The Morgan fingerprint density at radius 3 is 1.47 bits per heavy atom. The molecule has 283 valence electrons. The third-order valence-corrected chi connectivity index (χ3v) is 5.76. The number of aromatic amines is 1. The van der Waals surface area contributed by atoms with Crippen molar-refractivity contribution in [3.8, 4) is 0 Å². The Kier molecular flexibility index (Phi) is 23.0. The van der Waals surface area contributed by atoms with Crippen LogP contribution in [-0.4, -0.2) is 80.8 Å². The molecule has 3 rings (SSSR count). The molecule has 0 saturated heterocycles. The van der Waals surface area contributed by atoms with Crippen molar-refractivity contribution in [1.82, 2.24) is 29.8 Å². The van der Waals surface area contributed by atoms with Crippen LogP contribution in [0.15, 0.2) is 0 Å². The van der Waals surface area contributed by atoms with Gasteiger partial charge in [-0.3, -0.25) is 14.5 Å². The van der Waals surface area contributed by atoms with Gasteiger partial charge < -0.3 is 15.6 Å². The number of esters is 3. The molecule has 0 fully saturated rings. The number of nitrogens with one attached hydrogen (secondary N) is 1. The van der Waals surface area contributed by atoms with Crippen molar-refractivity contribution < 1.29 is 99.1 Å². The standard InChI is InChI=1S/2C9H11F3N2O2.C8H9F3N2O2.CH3I.B.Na.H/c1-4-16-8(15)7-6(9(10,11)12)5(2)14(3)13-7;1-4-16-8(15)7-6(9(10,11)12)5(2)13-14(7)3;1-3-15-7(14)6-5(8(9,10)11)4(2)12-13-6;1-2;;;/h2*4H2,1-3H3;3H2,1-2H3,(H,12,13);1H3;;;/q;;;;;+1;-1. The molecule has 0 bridgehead atoms. The van der Waals surface area contributed by atoms with E-state index in [0.29, 0.717) is 0 Å². The molecule has 51 heavy (non-hydrogen) atoms. The van der Waals surface area contributed by atoms with Crippen molar-refractivity contribution in [3.63, 3.8) is 0 Å². The number of carbonyl (C=O) groups excluding carboxylic acids is 3. The number of hydrogen-bond donors (Lipinski definition) is 1. The molecular formula is C27H35BF9IN6NaO6. The summed E-state index contributed by atoms with van der Waals surface area (Å²) in [4.78, 5) is 35.7. The maximum atomic E-state index is 12.7. The largest absolute Gasteiger partial charge is 1.00 e. The zero-order valence-corrected chi connectivity index (χ0v) is 33.3. The van der Waals surface area contributed by atoms with Crippen molar-refractivity contribution >= 4 is 48.9 Å². The van der Waals surface area contributed by atoms with E-state index in [0.717, 1.165) is 9.36 Å². The van der Waals surface area contributed by atoms with Crippen LogP contribution in [0, 0.1) is 20.8 Å². The summed E-state index contributed by atoms with van der Waals surface area (Å²) in [5.41, 5.74) is -5.66. The van der Waals surface area contributed by atoms with Gasteiger partial charge in [0.1, 0.15) is 16.7 Å². The molecule has 12 nitrogen and oxygen atoms in total. The number of halogens is 10.